The van der Waals surface area contributed by atoms with Gasteiger partial charge in [-0.05, 0) is 24.3 Å². The van der Waals surface area contributed by atoms with Gasteiger partial charge in [-0.2, -0.15) is 0 Å². The average molecular weight is 268 g/mol. The minimum atomic E-state index is -0.711. The van der Waals surface area contributed by atoms with Gasteiger partial charge in [0.1, 0.15) is 5.54 Å². The Morgan fingerprint density at radius 2 is 2.50 bits per heavy atom. The monoisotopic (exact) mass is 268 g/mol. The Morgan fingerprint density at radius 3 is 3.11 bits per heavy atom. The molecule has 2 rings (SSSR count). The van der Waals surface area contributed by atoms with E-state index in [0.29, 0.717) is 6.54 Å². The summed E-state index contributed by atoms with van der Waals surface area (Å²) in [5, 5.41) is 5.38. The van der Waals surface area contributed by atoms with E-state index in [1.165, 1.54) is 4.88 Å². The summed E-state index contributed by atoms with van der Waals surface area (Å²) in [6.45, 7) is 0.667. The summed E-state index contributed by atoms with van der Waals surface area (Å²) >= 11 is 1.68. The molecule has 0 saturated heterocycles. The van der Waals surface area contributed by atoms with Crippen LogP contribution < -0.4 is 11.1 Å². The zero-order valence-electron chi connectivity index (χ0n) is 10.6. The van der Waals surface area contributed by atoms with Crippen LogP contribution in [0.3, 0.4) is 0 Å². The fraction of sp³-hybridized carbons (Fsp3) is 0.615. The lowest BCUT2D eigenvalue weighted by Gasteiger charge is -2.41. The van der Waals surface area contributed by atoms with Crippen LogP contribution in [0.1, 0.15) is 30.6 Å². The van der Waals surface area contributed by atoms with Crippen LogP contribution in [0.15, 0.2) is 17.5 Å². The number of nitrogens with two attached hydrogens (primary N) is 1. The van der Waals surface area contributed by atoms with Gasteiger partial charge in [-0.1, -0.05) is 18.9 Å². The summed E-state index contributed by atoms with van der Waals surface area (Å²) in [6.07, 6.45) is 3.63. The molecule has 2 atom stereocenters. The first kappa shape index (κ1) is 13.5. The number of carbonyl (C=O) groups is 1. The van der Waals surface area contributed by atoms with Gasteiger partial charge in [0.15, 0.2) is 0 Å². The molecule has 1 saturated carbocycles. The number of nitrogens with one attached hydrogen (secondary N) is 1. The third kappa shape index (κ3) is 2.58. The van der Waals surface area contributed by atoms with Gasteiger partial charge in [-0.25, -0.2) is 0 Å². The van der Waals surface area contributed by atoms with Crippen LogP contribution in [0.2, 0.25) is 0 Å². The van der Waals surface area contributed by atoms with Gasteiger partial charge in [-0.15, -0.1) is 11.3 Å². The highest BCUT2D eigenvalue weighted by Crippen LogP contribution is 2.31. The first-order valence-electron chi connectivity index (χ1n) is 6.29. The molecule has 1 fully saturated rings. The lowest BCUT2D eigenvalue weighted by Crippen LogP contribution is -2.64. The van der Waals surface area contributed by atoms with Gasteiger partial charge in [-0.3, -0.25) is 10.1 Å². The van der Waals surface area contributed by atoms with Crippen LogP contribution >= 0.6 is 11.3 Å². The highest BCUT2D eigenvalue weighted by Gasteiger charge is 2.45. The average Bonchev–Trinajstić information content (AvgIpc) is 2.89. The van der Waals surface area contributed by atoms with E-state index in [1.807, 2.05) is 11.4 Å². The predicted octanol–water partition coefficient (Wildman–Crippen LogP) is 1.65. The molecule has 0 bridgehead atoms. The van der Waals surface area contributed by atoms with Crippen molar-refractivity contribution in [3.63, 3.8) is 0 Å². The zero-order valence-corrected chi connectivity index (χ0v) is 11.5. The molecule has 1 heterocycles. The van der Waals surface area contributed by atoms with E-state index < -0.39 is 5.54 Å². The number of amides is 1. The summed E-state index contributed by atoms with van der Waals surface area (Å²) in [4.78, 5) is 13.1. The molecule has 1 aromatic rings. The number of rotatable bonds is 5. The van der Waals surface area contributed by atoms with Crippen molar-refractivity contribution in [3.8, 4) is 0 Å². The summed E-state index contributed by atoms with van der Waals surface area (Å²) < 4.78 is 5.48. The number of methoxy groups -OCH3 is 1. The number of primary amides is 1. The highest BCUT2D eigenvalue weighted by molar-refractivity contribution is 7.09. The van der Waals surface area contributed by atoms with Crippen LogP contribution in [0.25, 0.3) is 0 Å². The van der Waals surface area contributed by atoms with Gasteiger partial charge in [0, 0.05) is 18.5 Å². The maximum atomic E-state index is 11.9. The van der Waals surface area contributed by atoms with Crippen molar-refractivity contribution >= 4 is 17.2 Å². The van der Waals surface area contributed by atoms with E-state index in [-0.39, 0.29) is 12.0 Å². The molecule has 3 N–H and O–H groups in total. The summed E-state index contributed by atoms with van der Waals surface area (Å²) in [7, 11) is 1.65. The second-order valence-electron chi connectivity index (χ2n) is 4.74. The van der Waals surface area contributed by atoms with Crippen molar-refractivity contribution in [2.24, 2.45) is 5.73 Å². The standard InChI is InChI=1S/C13H20N2O2S/c1-17-11-6-2-3-7-13(11,12(14)16)15-9-10-5-4-8-18-10/h4-5,8,11,15H,2-3,6-7,9H2,1H3,(H2,14,16). The van der Waals surface area contributed by atoms with E-state index >= 15 is 0 Å². The Morgan fingerprint density at radius 1 is 1.67 bits per heavy atom. The van der Waals surface area contributed by atoms with Gasteiger partial charge in [0.2, 0.25) is 5.91 Å². The lowest BCUT2D eigenvalue weighted by atomic mass is 9.78. The number of hydrogen-bond acceptors (Lipinski definition) is 4. The molecular formula is C13H20N2O2S. The maximum Gasteiger partial charge on any atom is 0.240 e. The Hall–Kier alpha value is -0.910. The molecule has 1 aromatic heterocycles. The van der Waals surface area contributed by atoms with E-state index in [2.05, 4.69) is 11.4 Å². The zero-order chi connectivity index (χ0) is 13.0. The molecule has 0 aromatic carbocycles. The molecule has 1 aliphatic carbocycles. The van der Waals surface area contributed by atoms with Gasteiger partial charge < -0.3 is 10.5 Å². The predicted molar refractivity (Wildman–Crippen MR) is 72.3 cm³/mol. The number of carbonyl (C=O) groups excluding carboxylic acids is 1. The minimum absolute atomic E-state index is 0.122. The Bertz CT molecular complexity index is 394. The van der Waals surface area contributed by atoms with Crippen LogP contribution in [0.5, 0.6) is 0 Å². The quantitative estimate of drug-likeness (QED) is 0.853. The van der Waals surface area contributed by atoms with Crippen molar-refractivity contribution in [1.29, 1.82) is 0 Å². The third-order valence-electron chi connectivity index (χ3n) is 3.72. The lowest BCUT2D eigenvalue weighted by molar-refractivity contribution is -0.133. The topological polar surface area (TPSA) is 64.3 Å². The smallest absolute Gasteiger partial charge is 0.240 e. The molecule has 5 heteroatoms. The minimum Gasteiger partial charge on any atom is -0.379 e. The maximum absolute atomic E-state index is 11.9. The second kappa shape index (κ2) is 5.82. The van der Waals surface area contributed by atoms with Crippen molar-refractivity contribution < 1.29 is 9.53 Å². The van der Waals surface area contributed by atoms with Crippen LogP contribution in [0.4, 0.5) is 0 Å². The molecular weight excluding hydrogens is 248 g/mol. The first-order valence-corrected chi connectivity index (χ1v) is 7.17. The van der Waals surface area contributed by atoms with Crippen LogP contribution in [-0.2, 0) is 16.1 Å². The normalized spacial score (nSPS) is 28.2. The first-order chi connectivity index (χ1) is 8.69. The van der Waals surface area contributed by atoms with Gasteiger partial charge in [0.05, 0.1) is 6.10 Å². The van der Waals surface area contributed by atoms with E-state index in [0.717, 1.165) is 25.7 Å². The Balaban J connectivity index is 2.12. The number of ether oxygens (including phenoxy) is 1. The second-order valence-corrected chi connectivity index (χ2v) is 5.77. The SMILES string of the molecule is COC1CCCCC1(NCc1cccs1)C(N)=O. The molecule has 1 aliphatic rings. The van der Waals surface area contributed by atoms with Crippen molar-refractivity contribution in [2.45, 2.75) is 43.9 Å². The molecule has 0 aliphatic heterocycles. The van der Waals surface area contributed by atoms with E-state index in [1.54, 1.807) is 18.4 Å². The Kier molecular flexibility index (Phi) is 4.37. The number of thiophene rings is 1. The molecule has 100 valence electrons. The van der Waals surface area contributed by atoms with Crippen molar-refractivity contribution in [2.75, 3.05) is 7.11 Å². The van der Waals surface area contributed by atoms with E-state index in [4.69, 9.17) is 10.5 Å². The molecule has 0 spiro atoms. The summed E-state index contributed by atoms with van der Waals surface area (Å²) in [6, 6.07) is 4.06. The molecule has 4 nitrogen and oxygen atoms in total. The summed E-state index contributed by atoms with van der Waals surface area (Å²) in [5.41, 5.74) is 4.92. The van der Waals surface area contributed by atoms with Crippen LogP contribution in [-0.4, -0.2) is 24.7 Å². The van der Waals surface area contributed by atoms with Crippen LogP contribution in [0, 0.1) is 0 Å². The fourth-order valence-electron chi connectivity index (χ4n) is 2.69. The van der Waals surface area contributed by atoms with Crippen molar-refractivity contribution in [3.05, 3.63) is 22.4 Å². The number of hydrogen-bond donors (Lipinski definition) is 2. The van der Waals surface area contributed by atoms with Gasteiger partial charge >= 0.3 is 0 Å². The Labute approximate surface area is 112 Å². The largest absolute Gasteiger partial charge is 0.379 e. The molecule has 1 amide bonds. The molecule has 2 unspecified atom stereocenters. The van der Waals surface area contributed by atoms with E-state index in [9.17, 15) is 4.79 Å². The van der Waals surface area contributed by atoms with Gasteiger partial charge in [0.25, 0.3) is 0 Å². The summed E-state index contributed by atoms with van der Waals surface area (Å²) in [5.74, 6) is -0.300. The fourth-order valence-corrected chi connectivity index (χ4v) is 3.33. The van der Waals surface area contributed by atoms with Crippen molar-refractivity contribution in [1.82, 2.24) is 5.32 Å². The third-order valence-corrected chi connectivity index (χ3v) is 4.60. The molecule has 18 heavy (non-hydrogen) atoms. The highest BCUT2D eigenvalue weighted by atomic mass is 32.1. The molecule has 0 radical (unpaired) electrons.